The van der Waals surface area contributed by atoms with E-state index in [1.165, 1.54) is 5.39 Å². The van der Waals surface area contributed by atoms with Gasteiger partial charge in [-0.2, -0.15) is 0 Å². The second-order valence-electron chi connectivity index (χ2n) is 5.85. The Morgan fingerprint density at radius 1 is 0.739 bits per heavy atom. The summed E-state index contributed by atoms with van der Waals surface area (Å²) >= 11 is 0. The number of ether oxygens (including phenoxy) is 2. The van der Waals surface area contributed by atoms with Crippen molar-refractivity contribution in [1.82, 2.24) is 0 Å². The average Bonchev–Trinajstić information content (AvgIpc) is 2.61. The maximum absolute atomic E-state index is 6.44. The summed E-state index contributed by atoms with van der Waals surface area (Å²) in [5, 5.41) is 2.33. The molecule has 2 aliphatic heterocycles. The van der Waals surface area contributed by atoms with E-state index in [0.29, 0.717) is 0 Å². The smallest absolute Gasteiger partial charge is 0.178 e. The summed E-state index contributed by atoms with van der Waals surface area (Å²) in [6.45, 7) is 0. The van der Waals surface area contributed by atoms with Crippen molar-refractivity contribution >= 4 is 16.8 Å². The Hall–Kier alpha value is -3.00. The van der Waals surface area contributed by atoms with Crippen LogP contribution in [0.25, 0.3) is 16.8 Å². The van der Waals surface area contributed by atoms with E-state index in [0.717, 1.165) is 28.0 Å². The van der Waals surface area contributed by atoms with Crippen LogP contribution < -0.4 is 9.47 Å². The van der Waals surface area contributed by atoms with Gasteiger partial charge in [-0.25, -0.2) is 0 Å². The van der Waals surface area contributed by atoms with Crippen molar-refractivity contribution in [2.75, 3.05) is 0 Å². The van der Waals surface area contributed by atoms with E-state index in [9.17, 15) is 0 Å². The van der Waals surface area contributed by atoms with Crippen molar-refractivity contribution in [3.8, 4) is 11.5 Å². The predicted molar refractivity (Wildman–Crippen MR) is 91.5 cm³/mol. The molecule has 0 saturated heterocycles. The van der Waals surface area contributed by atoms with Crippen LogP contribution in [-0.2, 0) is 5.60 Å². The van der Waals surface area contributed by atoms with Gasteiger partial charge in [-0.15, -0.1) is 0 Å². The lowest BCUT2D eigenvalue weighted by Gasteiger charge is -2.36. The van der Waals surface area contributed by atoms with Gasteiger partial charge in [0.05, 0.1) is 11.8 Å². The van der Waals surface area contributed by atoms with Crippen LogP contribution in [0.2, 0.25) is 0 Å². The largest absolute Gasteiger partial charge is 0.473 e. The minimum atomic E-state index is -0.622. The number of hydrogen-bond acceptors (Lipinski definition) is 2. The Morgan fingerprint density at radius 3 is 2.61 bits per heavy atom. The van der Waals surface area contributed by atoms with Crippen LogP contribution in [0.3, 0.4) is 0 Å². The number of para-hydroxylation sites is 1. The monoisotopic (exact) mass is 298 g/mol. The summed E-state index contributed by atoms with van der Waals surface area (Å²) in [5.41, 5.74) is 1.53. The Bertz CT molecular complexity index is 984. The lowest BCUT2D eigenvalue weighted by Crippen LogP contribution is -2.33. The van der Waals surface area contributed by atoms with Gasteiger partial charge in [0.1, 0.15) is 11.5 Å². The minimum absolute atomic E-state index is 0.622. The first kappa shape index (κ1) is 12.5. The summed E-state index contributed by atoms with van der Waals surface area (Å²) < 4.78 is 12.2. The highest BCUT2D eigenvalue weighted by Crippen LogP contribution is 2.46. The van der Waals surface area contributed by atoms with Gasteiger partial charge in [0.25, 0.3) is 0 Å². The summed E-state index contributed by atoms with van der Waals surface area (Å²) in [7, 11) is 0. The molecule has 0 amide bonds. The molecule has 1 unspecified atom stereocenters. The Balaban J connectivity index is 1.80. The van der Waals surface area contributed by atoms with Crippen molar-refractivity contribution < 1.29 is 9.47 Å². The highest BCUT2D eigenvalue weighted by atomic mass is 16.5. The molecule has 110 valence electrons. The molecule has 0 saturated carbocycles. The molecule has 2 aliphatic rings. The highest BCUT2D eigenvalue weighted by Gasteiger charge is 2.38. The van der Waals surface area contributed by atoms with E-state index < -0.39 is 5.60 Å². The quantitative estimate of drug-likeness (QED) is 0.578. The van der Waals surface area contributed by atoms with Gasteiger partial charge in [0, 0.05) is 11.6 Å². The first-order valence-corrected chi connectivity index (χ1v) is 7.70. The van der Waals surface area contributed by atoms with Gasteiger partial charge in [-0.3, -0.25) is 0 Å². The summed E-state index contributed by atoms with van der Waals surface area (Å²) in [5.74, 6) is 1.73. The molecule has 0 radical (unpaired) electrons. The Kier molecular flexibility index (Phi) is 2.45. The maximum Gasteiger partial charge on any atom is 0.178 e. The number of benzene rings is 3. The molecule has 1 spiro atoms. The Labute approximate surface area is 134 Å². The van der Waals surface area contributed by atoms with Gasteiger partial charge in [0.15, 0.2) is 5.60 Å². The molecule has 0 aliphatic carbocycles. The van der Waals surface area contributed by atoms with E-state index in [2.05, 4.69) is 42.5 Å². The molecule has 3 aromatic rings. The lowest BCUT2D eigenvalue weighted by molar-refractivity contribution is 0.158. The fourth-order valence-corrected chi connectivity index (χ4v) is 3.41. The lowest BCUT2D eigenvalue weighted by atomic mass is 9.85. The highest BCUT2D eigenvalue weighted by molar-refractivity contribution is 5.90. The van der Waals surface area contributed by atoms with Crippen molar-refractivity contribution in [2.45, 2.75) is 5.60 Å². The van der Waals surface area contributed by atoms with Crippen LogP contribution in [0.4, 0.5) is 0 Å². The Morgan fingerprint density at radius 2 is 1.61 bits per heavy atom. The molecule has 5 rings (SSSR count). The van der Waals surface area contributed by atoms with Crippen molar-refractivity contribution in [3.63, 3.8) is 0 Å². The molecule has 1 atom stereocenters. The summed E-state index contributed by atoms with van der Waals surface area (Å²) in [4.78, 5) is 0. The topological polar surface area (TPSA) is 18.5 Å². The van der Waals surface area contributed by atoms with Crippen LogP contribution >= 0.6 is 0 Å². The van der Waals surface area contributed by atoms with Crippen LogP contribution in [0.1, 0.15) is 11.1 Å². The average molecular weight is 298 g/mol. The molecular weight excluding hydrogens is 284 g/mol. The second kappa shape index (κ2) is 4.50. The molecule has 2 heterocycles. The SMILES string of the molecule is C1=CC2(C=Cc3ccccc3O2)c2c(ccc3ccccc23)O1. The van der Waals surface area contributed by atoms with Crippen LogP contribution in [0, 0.1) is 0 Å². The third kappa shape index (κ3) is 1.75. The number of fused-ring (bicyclic) bond motifs is 5. The molecule has 2 heteroatoms. The van der Waals surface area contributed by atoms with Gasteiger partial charge in [0.2, 0.25) is 0 Å². The first-order valence-electron chi connectivity index (χ1n) is 7.70. The molecule has 0 N–H and O–H groups in total. The van der Waals surface area contributed by atoms with Gasteiger partial charge >= 0.3 is 0 Å². The standard InChI is InChI=1S/C21H14O2/c1-3-7-17-15(5-1)9-10-19-20(17)21(13-14-22-19)12-11-16-6-2-4-8-18(16)23-21/h1-14H. The predicted octanol–water partition coefficient (Wildman–Crippen LogP) is 5.05. The second-order valence-corrected chi connectivity index (χ2v) is 5.85. The van der Waals surface area contributed by atoms with E-state index in [-0.39, 0.29) is 0 Å². The minimum Gasteiger partial charge on any atom is -0.473 e. The molecule has 3 aromatic carbocycles. The van der Waals surface area contributed by atoms with Gasteiger partial charge in [-0.05, 0) is 29.0 Å². The van der Waals surface area contributed by atoms with Crippen molar-refractivity contribution in [3.05, 3.63) is 90.2 Å². The fraction of sp³-hybridized carbons (Fsp3) is 0.0476. The van der Waals surface area contributed by atoms with E-state index >= 15 is 0 Å². The summed E-state index contributed by atoms with van der Waals surface area (Å²) in [6, 6.07) is 20.5. The third-order valence-corrected chi connectivity index (χ3v) is 4.50. The van der Waals surface area contributed by atoms with E-state index in [4.69, 9.17) is 9.47 Å². The number of rotatable bonds is 0. The van der Waals surface area contributed by atoms with E-state index in [1.54, 1.807) is 6.26 Å². The zero-order valence-electron chi connectivity index (χ0n) is 12.4. The first-order chi connectivity index (χ1) is 11.4. The van der Waals surface area contributed by atoms with Crippen molar-refractivity contribution in [2.24, 2.45) is 0 Å². The molecule has 0 fully saturated rings. The third-order valence-electron chi connectivity index (χ3n) is 4.50. The molecular formula is C21H14O2. The van der Waals surface area contributed by atoms with Gasteiger partial charge in [-0.1, -0.05) is 54.6 Å². The van der Waals surface area contributed by atoms with E-state index in [1.807, 2.05) is 36.4 Å². The molecule has 0 aromatic heterocycles. The normalized spacial score (nSPS) is 20.7. The van der Waals surface area contributed by atoms with Crippen LogP contribution in [0.5, 0.6) is 11.5 Å². The summed E-state index contributed by atoms with van der Waals surface area (Å²) in [6.07, 6.45) is 7.93. The maximum atomic E-state index is 6.44. The molecule has 23 heavy (non-hydrogen) atoms. The zero-order chi connectivity index (χ0) is 15.3. The van der Waals surface area contributed by atoms with Crippen LogP contribution in [0.15, 0.2) is 79.1 Å². The number of hydrogen-bond donors (Lipinski definition) is 0. The van der Waals surface area contributed by atoms with Gasteiger partial charge < -0.3 is 9.47 Å². The zero-order valence-corrected chi connectivity index (χ0v) is 12.4. The fourth-order valence-electron chi connectivity index (χ4n) is 3.41. The van der Waals surface area contributed by atoms with Crippen LogP contribution in [-0.4, -0.2) is 0 Å². The molecule has 0 bridgehead atoms. The molecule has 2 nitrogen and oxygen atoms in total. The van der Waals surface area contributed by atoms with Crippen molar-refractivity contribution in [1.29, 1.82) is 0 Å².